The normalized spacial score (nSPS) is 26.2. The van der Waals surface area contributed by atoms with Gasteiger partial charge in [-0.05, 0) is 31.0 Å². The monoisotopic (exact) mass is 347 g/mol. The largest absolute Gasteiger partial charge is 0.497 e. The van der Waals surface area contributed by atoms with Gasteiger partial charge in [0.25, 0.3) is 0 Å². The molecule has 0 aromatic heterocycles. The van der Waals surface area contributed by atoms with Crippen LogP contribution in [-0.4, -0.2) is 49.4 Å². The van der Waals surface area contributed by atoms with Crippen LogP contribution in [0.5, 0.6) is 11.5 Å². The van der Waals surface area contributed by atoms with Crippen molar-refractivity contribution in [2.24, 2.45) is 0 Å². The van der Waals surface area contributed by atoms with E-state index in [0.29, 0.717) is 12.3 Å². The zero-order chi connectivity index (χ0) is 17.1. The van der Waals surface area contributed by atoms with Crippen molar-refractivity contribution in [1.82, 2.24) is 10.2 Å². The predicted molar refractivity (Wildman–Crippen MR) is 92.0 cm³/mol. The molecule has 128 valence electrons. The number of likely N-dealkylation sites (tertiary alicyclic amines) is 1. The number of amides is 1. The first-order chi connectivity index (χ1) is 11.7. The van der Waals surface area contributed by atoms with Crippen molar-refractivity contribution in [3.63, 3.8) is 0 Å². The molecule has 2 aliphatic rings. The van der Waals surface area contributed by atoms with Gasteiger partial charge in [0, 0.05) is 17.9 Å². The molecule has 3 rings (SSSR count). The summed E-state index contributed by atoms with van der Waals surface area (Å²) in [5, 5.41) is 12.5. The Bertz CT molecular complexity index is 661. The smallest absolute Gasteiger partial charge is 0.241 e. The molecule has 0 radical (unpaired) electrons. The lowest BCUT2D eigenvalue weighted by Crippen LogP contribution is -2.46. The van der Waals surface area contributed by atoms with Gasteiger partial charge in [0.2, 0.25) is 5.91 Å². The van der Waals surface area contributed by atoms with Crippen LogP contribution in [0.25, 0.3) is 0 Å². The first kappa shape index (κ1) is 16.9. The first-order valence-corrected chi connectivity index (χ1v) is 9.02. The van der Waals surface area contributed by atoms with Gasteiger partial charge in [0.1, 0.15) is 17.5 Å². The van der Waals surface area contributed by atoms with Crippen LogP contribution in [0.3, 0.4) is 0 Å². The van der Waals surface area contributed by atoms with E-state index in [1.807, 2.05) is 18.2 Å². The molecule has 6 nitrogen and oxygen atoms in total. The number of hydrogen-bond acceptors (Lipinski definition) is 6. The van der Waals surface area contributed by atoms with Crippen LogP contribution in [0.15, 0.2) is 18.2 Å². The average Bonchev–Trinajstić information content (AvgIpc) is 3.29. The highest BCUT2D eigenvalue weighted by atomic mass is 32.2. The van der Waals surface area contributed by atoms with Crippen molar-refractivity contribution in [1.29, 1.82) is 5.26 Å². The maximum absolute atomic E-state index is 12.7. The minimum atomic E-state index is -0.283. The summed E-state index contributed by atoms with van der Waals surface area (Å²) in [6.45, 7) is 0.674. The van der Waals surface area contributed by atoms with E-state index in [0.717, 1.165) is 29.9 Å². The zero-order valence-electron chi connectivity index (χ0n) is 13.8. The number of methoxy groups -OCH3 is 2. The summed E-state index contributed by atoms with van der Waals surface area (Å²) >= 11 is 1.67. The van der Waals surface area contributed by atoms with Crippen molar-refractivity contribution in [2.75, 3.05) is 26.5 Å². The second kappa shape index (κ2) is 7.32. The van der Waals surface area contributed by atoms with Crippen LogP contribution in [0.1, 0.15) is 23.8 Å². The van der Waals surface area contributed by atoms with E-state index in [1.54, 1.807) is 30.9 Å². The summed E-state index contributed by atoms with van der Waals surface area (Å²) < 4.78 is 10.7. The molecule has 0 spiro atoms. The fraction of sp³-hybridized carbons (Fsp3) is 0.529. The van der Waals surface area contributed by atoms with Gasteiger partial charge in [-0.3, -0.25) is 10.1 Å². The highest BCUT2D eigenvalue weighted by molar-refractivity contribution is 7.99. The van der Waals surface area contributed by atoms with Crippen LogP contribution in [-0.2, 0) is 4.79 Å². The van der Waals surface area contributed by atoms with Gasteiger partial charge in [-0.1, -0.05) is 0 Å². The Morgan fingerprint density at radius 2 is 2.25 bits per heavy atom. The Labute approximate surface area is 146 Å². The Hall–Kier alpha value is -1.91. The topological polar surface area (TPSA) is 74.6 Å². The third-order valence-electron chi connectivity index (χ3n) is 4.48. The van der Waals surface area contributed by atoms with Gasteiger partial charge in [-0.25, -0.2) is 0 Å². The van der Waals surface area contributed by atoms with E-state index in [1.165, 1.54) is 0 Å². The molecular formula is C17H21N3O3S. The van der Waals surface area contributed by atoms with E-state index in [-0.39, 0.29) is 23.4 Å². The van der Waals surface area contributed by atoms with Crippen LogP contribution < -0.4 is 14.8 Å². The molecular weight excluding hydrogens is 326 g/mol. The van der Waals surface area contributed by atoms with E-state index < -0.39 is 0 Å². The van der Waals surface area contributed by atoms with Crippen molar-refractivity contribution in [2.45, 2.75) is 30.3 Å². The van der Waals surface area contributed by atoms with Crippen LogP contribution in [0.4, 0.5) is 0 Å². The van der Waals surface area contributed by atoms with Crippen molar-refractivity contribution in [3.8, 4) is 17.6 Å². The summed E-state index contributed by atoms with van der Waals surface area (Å²) in [4.78, 5) is 14.4. The number of carbonyl (C=O) groups excluding carboxylic acids is 1. The van der Waals surface area contributed by atoms with E-state index >= 15 is 0 Å². The number of nitrogens with one attached hydrogen (secondary N) is 1. The maximum atomic E-state index is 12.7. The lowest BCUT2D eigenvalue weighted by Gasteiger charge is -2.23. The van der Waals surface area contributed by atoms with Crippen molar-refractivity contribution < 1.29 is 14.3 Å². The number of ether oxygens (including phenoxy) is 2. The molecule has 2 saturated heterocycles. The number of benzene rings is 1. The molecule has 2 fully saturated rings. The van der Waals surface area contributed by atoms with Crippen molar-refractivity contribution >= 4 is 17.7 Å². The molecule has 0 bridgehead atoms. The molecule has 1 unspecified atom stereocenters. The van der Waals surface area contributed by atoms with Crippen LogP contribution >= 0.6 is 11.8 Å². The summed E-state index contributed by atoms with van der Waals surface area (Å²) in [5.41, 5.74) is 0.968. The molecule has 0 aliphatic carbocycles. The number of nitriles is 1. The average molecular weight is 347 g/mol. The third kappa shape index (κ3) is 3.17. The van der Waals surface area contributed by atoms with E-state index in [9.17, 15) is 10.1 Å². The van der Waals surface area contributed by atoms with Crippen LogP contribution in [0, 0.1) is 11.3 Å². The Balaban J connectivity index is 1.74. The number of nitrogens with zero attached hydrogens (tertiary/aromatic N) is 2. The van der Waals surface area contributed by atoms with Gasteiger partial charge in [-0.2, -0.15) is 5.26 Å². The molecule has 2 heterocycles. The predicted octanol–water partition coefficient (Wildman–Crippen LogP) is 1.92. The molecule has 1 amide bonds. The van der Waals surface area contributed by atoms with Gasteiger partial charge in [-0.15, -0.1) is 11.8 Å². The number of rotatable bonds is 4. The van der Waals surface area contributed by atoms with Crippen LogP contribution in [0.2, 0.25) is 0 Å². The van der Waals surface area contributed by atoms with E-state index in [4.69, 9.17) is 9.47 Å². The molecule has 1 aromatic carbocycles. The lowest BCUT2D eigenvalue weighted by atomic mass is 10.1. The highest BCUT2D eigenvalue weighted by Gasteiger charge is 2.38. The van der Waals surface area contributed by atoms with Gasteiger partial charge in [0.15, 0.2) is 0 Å². The standard InChI is InChI=1S/C17H21N3O3S/c1-22-12-5-6-15(23-2)13(8-12)16-19-14(10-24-16)17(21)20-7-3-4-11(20)9-18/h5-6,8,11,14,16,19H,3-4,7,10H2,1-2H3/t11-,14-,16?/m0/s1. The second-order valence-corrected chi connectivity index (χ2v) is 7.00. The van der Waals surface area contributed by atoms with Gasteiger partial charge in [0.05, 0.1) is 31.7 Å². The van der Waals surface area contributed by atoms with Gasteiger partial charge < -0.3 is 14.4 Å². The lowest BCUT2D eigenvalue weighted by molar-refractivity contribution is -0.132. The van der Waals surface area contributed by atoms with Crippen molar-refractivity contribution in [3.05, 3.63) is 23.8 Å². The number of hydrogen-bond donors (Lipinski definition) is 1. The fourth-order valence-corrected chi connectivity index (χ4v) is 4.45. The highest BCUT2D eigenvalue weighted by Crippen LogP contribution is 2.40. The number of thioether (sulfide) groups is 1. The molecule has 3 atom stereocenters. The molecule has 1 aromatic rings. The molecule has 1 N–H and O–H groups in total. The molecule has 2 aliphatic heterocycles. The maximum Gasteiger partial charge on any atom is 0.241 e. The zero-order valence-corrected chi connectivity index (χ0v) is 14.6. The summed E-state index contributed by atoms with van der Waals surface area (Å²) in [6, 6.07) is 7.33. The SMILES string of the molecule is COc1ccc(OC)c(C2N[C@H](C(=O)N3CCC[C@H]3C#N)CS2)c1. The van der Waals surface area contributed by atoms with Gasteiger partial charge >= 0.3 is 0 Å². The Morgan fingerprint density at radius 1 is 1.42 bits per heavy atom. The summed E-state index contributed by atoms with van der Waals surface area (Å²) in [6.07, 6.45) is 1.67. The minimum absolute atomic E-state index is 0.0240. The quantitative estimate of drug-likeness (QED) is 0.897. The number of carbonyl (C=O) groups is 1. The van der Waals surface area contributed by atoms with E-state index in [2.05, 4.69) is 11.4 Å². The molecule has 24 heavy (non-hydrogen) atoms. The third-order valence-corrected chi connectivity index (χ3v) is 5.73. The minimum Gasteiger partial charge on any atom is -0.497 e. The molecule has 0 saturated carbocycles. The fourth-order valence-electron chi connectivity index (χ4n) is 3.20. The second-order valence-electron chi connectivity index (χ2n) is 5.86. The first-order valence-electron chi connectivity index (χ1n) is 7.97. The Kier molecular flexibility index (Phi) is 5.17. The Morgan fingerprint density at radius 3 is 2.96 bits per heavy atom. The summed E-state index contributed by atoms with van der Waals surface area (Å²) in [5.74, 6) is 2.23. The summed E-state index contributed by atoms with van der Waals surface area (Å²) in [7, 11) is 3.26. The molecule has 7 heteroatoms.